The first-order chi connectivity index (χ1) is 32.7. The fourth-order valence-electron chi connectivity index (χ4n) is 9.96. The molecule has 4 heteroatoms. The Hall–Kier alpha value is -8.86. The van der Waals surface area contributed by atoms with Crippen molar-refractivity contribution in [3.05, 3.63) is 243 Å². The summed E-state index contributed by atoms with van der Waals surface area (Å²) >= 11 is 0. The van der Waals surface area contributed by atoms with Crippen LogP contribution in [-0.2, 0) is 0 Å². The smallest absolute Gasteiger partial charge is 0.137 e. The zero-order valence-corrected chi connectivity index (χ0v) is 35.8. The SMILES string of the molecule is c1ccc(-c2ccc3c(N(c4ccccc4)c4ccc5c(c4)oc4ccccc45)c4cc(-c5ccccc5)ccc4c(N(c4ccccc4)c4ccc5c(c4)oc4ccccc45)c3c2)cc1. The van der Waals surface area contributed by atoms with Crippen LogP contribution < -0.4 is 9.80 Å². The highest BCUT2D eigenvalue weighted by Crippen LogP contribution is 2.53. The van der Waals surface area contributed by atoms with Gasteiger partial charge in [-0.3, -0.25) is 0 Å². The van der Waals surface area contributed by atoms with Crippen molar-refractivity contribution in [1.29, 1.82) is 0 Å². The van der Waals surface area contributed by atoms with Gasteiger partial charge in [0.1, 0.15) is 22.3 Å². The molecule has 0 spiro atoms. The lowest BCUT2D eigenvalue weighted by Gasteiger charge is -2.33. The fraction of sp³-hybridized carbons (Fsp3) is 0. The largest absolute Gasteiger partial charge is 0.456 e. The van der Waals surface area contributed by atoms with Gasteiger partial charge >= 0.3 is 0 Å². The van der Waals surface area contributed by atoms with E-state index in [2.05, 4.69) is 228 Å². The monoisotopic (exact) mass is 844 g/mol. The Labute approximate surface area is 381 Å². The van der Waals surface area contributed by atoms with Crippen LogP contribution in [0.25, 0.3) is 87.7 Å². The first-order valence-corrected chi connectivity index (χ1v) is 22.4. The molecule has 0 saturated carbocycles. The van der Waals surface area contributed by atoms with Crippen LogP contribution in [0, 0.1) is 0 Å². The third-order valence-electron chi connectivity index (χ3n) is 13.0. The van der Waals surface area contributed by atoms with Crippen molar-refractivity contribution in [3.8, 4) is 22.3 Å². The van der Waals surface area contributed by atoms with Gasteiger partial charge in [0.25, 0.3) is 0 Å². The van der Waals surface area contributed by atoms with Crippen LogP contribution in [0.5, 0.6) is 0 Å². The van der Waals surface area contributed by atoms with Crippen molar-refractivity contribution in [2.75, 3.05) is 9.80 Å². The van der Waals surface area contributed by atoms with Gasteiger partial charge in [0, 0.05) is 78.0 Å². The van der Waals surface area contributed by atoms with Crippen molar-refractivity contribution >= 4 is 99.5 Å². The van der Waals surface area contributed by atoms with E-state index in [4.69, 9.17) is 8.83 Å². The molecule has 0 aliphatic heterocycles. The van der Waals surface area contributed by atoms with Crippen LogP contribution in [0.2, 0.25) is 0 Å². The summed E-state index contributed by atoms with van der Waals surface area (Å²) in [5, 5.41) is 8.79. The van der Waals surface area contributed by atoms with Crippen LogP contribution in [0.3, 0.4) is 0 Å². The van der Waals surface area contributed by atoms with E-state index in [1.807, 2.05) is 24.3 Å². The van der Waals surface area contributed by atoms with E-state index in [0.717, 1.165) is 122 Å². The molecular formula is C62H40N2O2. The third-order valence-corrected chi connectivity index (χ3v) is 13.0. The zero-order valence-electron chi connectivity index (χ0n) is 35.8. The fourth-order valence-corrected chi connectivity index (χ4v) is 9.96. The second-order valence-electron chi connectivity index (χ2n) is 16.8. The summed E-state index contributed by atoms with van der Waals surface area (Å²) in [4.78, 5) is 4.84. The molecule has 0 aliphatic carbocycles. The van der Waals surface area contributed by atoms with Crippen molar-refractivity contribution in [1.82, 2.24) is 0 Å². The van der Waals surface area contributed by atoms with Gasteiger partial charge in [-0.2, -0.15) is 0 Å². The molecule has 0 amide bonds. The molecule has 66 heavy (non-hydrogen) atoms. The van der Waals surface area contributed by atoms with Crippen molar-refractivity contribution in [2.45, 2.75) is 0 Å². The first kappa shape index (κ1) is 37.7. The van der Waals surface area contributed by atoms with E-state index in [0.29, 0.717) is 0 Å². The minimum absolute atomic E-state index is 0.840. The Morgan fingerprint density at radius 3 is 0.985 bits per heavy atom. The molecule has 0 fully saturated rings. The number of para-hydroxylation sites is 4. The Bertz CT molecular complexity index is 3670. The summed E-state index contributed by atoms with van der Waals surface area (Å²) < 4.78 is 13.2. The minimum Gasteiger partial charge on any atom is -0.456 e. The molecule has 2 aromatic heterocycles. The summed E-state index contributed by atoms with van der Waals surface area (Å²) in [5.74, 6) is 0. The number of rotatable bonds is 8. The second-order valence-corrected chi connectivity index (χ2v) is 16.8. The van der Waals surface area contributed by atoms with E-state index in [1.165, 1.54) is 0 Å². The highest BCUT2D eigenvalue weighted by atomic mass is 16.3. The van der Waals surface area contributed by atoms with Gasteiger partial charge < -0.3 is 18.6 Å². The highest BCUT2D eigenvalue weighted by molar-refractivity contribution is 6.25. The van der Waals surface area contributed by atoms with Gasteiger partial charge in [-0.25, -0.2) is 0 Å². The van der Waals surface area contributed by atoms with Crippen molar-refractivity contribution < 1.29 is 8.83 Å². The molecule has 0 unspecified atom stereocenters. The normalized spacial score (nSPS) is 11.6. The minimum atomic E-state index is 0.840. The maximum atomic E-state index is 6.59. The molecule has 0 bridgehead atoms. The van der Waals surface area contributed by atoms with Crippen LogP contribution in [-0.4, -0.2) is 0 Å². The Kier molecular flexibility index (Phi) is 8.81. The Balaban J connectivity index is 1.18. The van der Waals surface area contributed by atoms with Crippen molar-refractivity contribution in [3.63, 3.8) is 0 Å². The van der Waals surface area contributed by atoms with Crippen LogP contribution in [0.15, 0.2) is 251 Å². The average molecular weight is 845 g/mol. The van der Waals surface area contributed by atoms with Crippen LogP contribution >= 0.6 is 0 Å². The molecule has 0 radical (unpaired) electrons. The van der Waals surface area contributed by atoms with Gasteiger partial charge in [-0.15, -0.1) is 0 Å². The maximum absolute atomic E-state index is 6.59. The summed E-state index contributed by atoms with van der Waals surface area (Å²) in [7, 11) is 0. The molecule has 2 heterocycles. The van der Waals surface area contributed by atoms with Crippen LogP contribution in [0.1, 0.15) is 0 Å². The summed E-state index contributed by atoms with van der Waals surface area (Å²) in [6, 6.07) is 86.7. The quantitative estimate of drug-likeness (QED) is 0.113. The lowest BCUT2D eigenvalue weighted by atomic mass is 9.91. The van der Waals surface area contributed by atoms with Gasteiger partial charge in [-0.1, -0.05) is 158 Å². The number of hydrogen-bond donors (Lipinski definition) is 0. The topological polar surface area (TPSA) is 32.8 Å². The lowest BCUT2D eigenvalue weighted by molar-refractivity contribution is 0.668. The molecule has 310 valence electrons. The number of benzene rings is 11. The summed E-state index contributed by atoms with van der Waals surface area (Å²) in [6.07, 6.45) is 0. The average Bonchev–Trinajstić information content (AvgIpc) is 3.96. The van der Waals surface area contributed by atoms with Gasteiger partial charge in [-0.05, 0) is 95.1 Å². The zero-order chi connectivity index (χ0) is 43.6. The number of fused-ring (bicyclic) bond motifs is 8. The second kappa shape index (κ2) is 15.4. The maximum Gasteiger partial charge on any atom is 0.137 e. The summed E-state index contributed by atoms with van der Waals surface area (Å²) in [6.45, 7) is 0. The number of hydrogen-bond acceptors (Lipinski definition) is 4. The van der Waals surface area contributed by atoms with Gasteiger partial charge in [0.05, 0.1) is 11.4 Å². The van der Waals surface area contributed by atoms with E-state index < -0.39 is 0 Å². The standard InChI is InChI=1S/C62H40N2O2/c1-5-17-41(18-6-1)43-29-33-53-55(37-43)61(63(45-21-9-3-10-22-45)47-31-35-51-49-25-13-15-27-57(49)65-59(51)39-47)54-34-30-44(42-19-7-2-8-20-42)38-56(54)62(53)64(46-23-11-4-12-24-46)48-32-36-52-50-26-14-16-28-58(50)66-60(52)40-48/h1-40H. The Morgan fingerprint density at radius 2 is 0.561 bits per heavy atom. The first-order valence-electron chi connectivity index (χ1n) is 22.4. The van der Waals surface area contributed by atoms with E-state index in [1.54, 1.807) is 0 Å². The lowest BCUT2D eigenvalue weighted by Crippen LogP contribution is -2.14. The number of nitrogens with zero attached hydrogens (tertiary/aromatic N) is 2. The number of anilines is 6. The predicted molar refractivity (Wildman–Crippen MR) is 276 cm³/mol. The molecule has 0 saturated heterocycles. The Morgan fingerprint density at radius 1 is 0.212 bits per heavy atom. The number of furan rings is 2. The van der Waals surface area contributed by atoms with E-state index in [-0.39, 0.29) is 0 Å². The van der Waals surface area contributed by atoms with E-state index in [9.17, 15) is 0 Å². The molecule has 0 atom stereocenters. The highest BCUT2D eigenvalue weighted by Gasteiger charge is 2.27. The predicted octanol–water partition coefficient (Wildman–Crippen LogP) is 18.1. The van der Waals surface area contributed by atoms with Gasteiger partial charge in [0.2, 0.25) is 0 Å². The molecule has 4 nitrogen and oxygen atoms in total. The summed E-state index contributed by atoms with van der Waals surface area (Å²) in [5.41, 5.74) is 14.2. The van der Waals surface area contributed by atoms with Gasteiger partial charge in [0.15, 0.2) is 0 Å². The molecule has 0 aliphatic rings. The third kappa shape index (κ3) is 6.22. The van der Waals surface area contributed by atoms with Crippen LogP contribution in [0.4, 0.5) is 34.1 Å². The molecule has 0 N–H and O–H groups in total. The molecule has 13 rings (SSSR count). The van der Waals surface area contributed by atoms with E-state index >= 15 is 0 Å². The molecule has 11 aromatic carbocycles. The van der Waals surface area contributed by atoms with Crippen molar-refractivity contribution in [2.24, 2.45) is 0 Å². The molecular weight excluding hydrogens is 805 g/mol. The molecule has 13 aromatic rings.